The van der Waals surface area contributed by atoms with Crippen molar-refractivity contribution in [3.63, 3.8) is 0 Å². The third-order valence-electron chi connectivity index (χ3n) is 2.99. The van der Waals surface area contributed by atoms with Gasteiger partial charge in [-0.3, -0.25) is 4.98 Å². The van der Waals surface area contributed by atoms with Crippen molar-refractivity contribution in [2.24, 2.45) is 0 Å². The maximum absolute atomic E-state index is 9.41. The van der Waals surface area contributed by atoms with Crippen LogP contribution in [-0.4, -0.2) is 20.2 Å². The number of nitrogens with zero attached hydrogens (tertiary/aromatic N) is 3. The highest BCUT2D eigenvalue weighted by molar-refractivity contribution is 5.59. The van der Waals surface area contributed by atoms with Gasteiger partial charge in [-0.15, -0.1) is 0 Å². The zero-order valence-electron chi connectivity index (χ0n) is 10.9. The first kappa shape index (κ1) is 12.3. The number of phenols is 1. The van der Waals surface area contributed by atoms with E-state index < -0.39 is 0 Å². The summed E-state index contributed by atoms with van der Waals surface area (Å²) in [6.07, 6.45) is 4.08. The first-order valence-corrected chi connectivity index (χ1v) is 6.24. The minimum absolute atomic E-state index is 0.223. The molecule has 2 heterocycles. The number of aryl methyl sites for hydroxylation is 1. The summed E-state index contributed by atoms with van der Waals surface area (Å²) in [5.74, 6) is 1.29. The Labute approximate surface area is 115 Å². The van der Waals surface area contributed by atoms with Crippen LogP contribution in [0.4, 0.5) is 0 Å². The van der Waals surface area contributed by atoms with Crippen LogP contribution in [0, 0.1) is 6.92 Å². The van der Waals surface area contributed by atoms with E-state index in [2.05, 4.69) is 15.1 Å². The van der Waals surface area contributed by atoms with Gasteiger partial charge in [-0.25, -0.2) is 0 Å². The first-order chi connectivity index (χ1) is 9.72. The van der Waals surface area contributed by atoms with E-state index in [0.717, 1.165) is 16.7 Å². The third kappa shape index (κ3) is 2.51. The molecule has 0 aliphatic rings. The van der Waals surface area contributed by atoms with Crippen LogP contribution in [-0.2, 0) is 6.42 Å². The maximum atomic E-state index is 9.41. The van der Waals surface area contributed by atoms with E-state index in [1.807, 2.05) is 19.1 Å². The van der Waals surface area contributed by atoms with Gasteiger partial charge in [-0.05, 0) is 42.3 Å². The van der Waals surface area contributed by atoms with Crippen molar-refractivity contribution in [3.05, 3.63) is 59.7 Å². The van der Waals surface area contributed by atoms with Crippen LogP contribution in [0.25, 0.3) is 11.5 Å². The van der Waals surface area contributed by atoms with E-state index in [0.29, 0.717) is 18.1 Å². The van der Waals surface area contributed by atoms with Crippen LogP contribution in [0.5, 0.6) is 5.75 Å². The van der Waals surface area contributed by atoms with Gasteiger partial charge in [0.1, 0.15) is 5.75 Å². The lowest BCUT2D eigenvalue weighted by Crippen LogP contribution is -1.91. The molecule has 0 atom stereocenters. The molecule has 0 fully saturated rings. The van der Waals surface area contributed by atoms with Crippen molar-refractivity contribution in [2.45, 2.75) is 13.3 Å². The monoisotopic (exact) mass is 267 g/mol. The van der Waals surface area contributed by atoms with Crippen molar-refractivity contribution in [2.75, 3.05) is 0 Å². The molecule has 3 rings (SSSR count). The molecular formula is C15H13N3O2. The lowest BCUT2D eigenvalue weighted by molar-refractivity contribution is 0.423. The van der Waals surface area contributed by atoms with Gasteiger partial charge in [0, 0.05) is 24.4 Å². The molecule has 1 aromatic carbocycles. The Morgan fingerprint density at radius 2 is 2.15 bits per heavy atom. The molecule has 100 valence electrons. The largest absolute Gasteiger partial charge is 0.508 e. The lowest BCUT2D eigenvalue weighted by Gasteiger charge is -2.00. The fourth-order valence-electron chi connectivity index (χ4n) is 2.01. The summed E-state index contributed by atoms with van der Waals surface area (Å²) in [6.45, 7) is 1.89. The van der Waals surface area contributed by atoms with E-state index in [4.69, 9.17) is 4.52 Å². The van der Waals surface area contributed by atoms with Crippen LogP contribution < -0.4 is 0 Å². The van der Waals surface area contributed by atoms with Gasteiger partial charge in [0.05, 0.1) is 0 Å². The Morgan fingerprint density at radius 3 is 2.90 bits per heavy atom. The molecule has 5 nitrogen and oxygen atoms in total. The van der Waals surface area contributed by atoms with Crippen LogP contribution in [0.1, 0.15) is 17.0 Å². The van der Waals surface area contributed by atoms with E-state index in [1.54, 1.807) is 30.6 Å². The van der Waals surface area contributed by atoms with Gasteiger partial charge in [0.25, 0.3) is 5.89 Å². The van der Waals surface area contributed by atoms with Crippen LogP contribution in [0.2, 0.25) is 0 Å². The molecule has 0 aliphatic carbocycles. The molecule has 5 heteroatoms. The van der Waals surface area contributed by atoms with Crippen LogP contribution >= 0.6 is 0 Å². The SMILES string of the molecule is Cc1cc(O)ccc1-c1nc(Cc2cccnc2)no1. The predicted octanol–water partition coefficient (Wildman–Crippen LogP) is 2.74. The zero-order valence-corrected chi connectivity index (χ0v) is 10.9. The normalized spacial score (nSPS) is 10.7. The molecule has 1 N–H and O–H groups in total. The fourth-order valence-corrected chi connectivity index (χ4v) is 2.01. The molecular weight excluding hydrogens is 254 g/mol. The van der Waals surface area contributed by atoms with E-state index >= 15 is 0 Å². The Balaban J connectivity index is 1.87. The zero-order chi connectivity index (χ0) is 13.9. The summed E-state index contributed by atoms with van der Waals surface area (Å²) in [5, 5.41) is 13.4. The van der Waals surface area contributed by atoms with Crippen molar-refractivity contribution in [1.29, 1.82) is 0 Å². The second-order valence-corrected chi connectivity index (χ2v) is 4.55. The van der Waals surface area contributed by atoms with Gasteiger partial charge in [0.2, 0.25) is 0 Å². The van der Waals surface area contributed by atoms with E-state index in [1.165, 1.54) is 0 Å². The minimum Gasteiger partial charge on any atom is -0.508 e. The molecule has 3 aromatic rings. The van der Waals surface area contributed by atoms with Gasteiger partial charge in [0.15, 0.2) is 5.82 Å². The molecule has 0 radical (unpaired) electrons. The van der Waals surface area contributed by atoms with Crippen molar-refractivity contribution in [1.82, 2.24) is 15.1 Å². The Bertz CT molecular complexity index is 723. The molecule has 0 unspecified atom stereocenters. The van der Waals surface area contributed by atoms with Gasteiger partial charge in [-0.1, -0.05) is 11.2 Å². The second kappa shape index (κ2) is 5.13. The number of aromatic nitrogens is 3. The number of hydrogen-bond acceptors (Lipinski definition) is 5. The minimum atomic E-state index is 0.223. The topological polar surface area (TPSA) is 72.0 Å². The van der Waals surface area contributed by atoms with Gasteiger partial charge >= 0.3 is 0 Å². The smallest absolute Gasteiger partial charge is 0.258 e. The van der Waals surface area contributed by atoms with E-state index in [-0.39, 0.29) is 5.75 Å². The number of hydrogen-bond donors (Lipinski definition) is 1. The van der Waals surface area contributed by atoms with Crippen LogP contribution in [0.15, 0.2) is 47.2 Å². The summed E-state index contributed by atoms with van der Waals surface area (Å²) >= 11 is 0. The predicted molar refractivity (Wildman–Crippen MR) is 73.2 cm³/mol. The number of phenolic OH excluding ortho intramolecular Hbond substituents is 1. The van der Waals surface area contributed by atoms with Crippen molar-refractivity contribution < 1.29 is 9.63 Å². The maximum Gasteiger partial charge on any atom is 0.258 e. The van der Waals surface area contributed by atoms with Crippen LogP contribution in [0.3, 0.4) is 0 Å². The molecule has 0 saturated heterocycles. The lowest BCUT2D eigenvalue weighted by atomic mass is 10.1. The molecule has 2 aromatic heterocycles. The number of benzene rings is 1. The summed E-state index contributed by atoms with van der Waals surface area (Å²) in [7, 11) is 0. The van der Waals surface area contributed by atoms with E-state index in [9.17, 15) is 5.11 Å². The summed E-state index contributed by atoms with van der Waals surface area (Å²) in [5.41, 5.74) is 2.75. The highest BCUT2D eigenvalue weighted by Gasteiger charge is 2.12. The summed E-state index contributed by atoms with van der Waals surface area (Å²) < 4.78 is 5.28. The third-order valence-corrected chi connectivity index (χ3v) is 2.99. The Kier molecular flexibility index (Phi) is 3.16. The van der Waals surface area contributed by atoms with Gasteiger partial charge < -0.3 is 9.63 Å². The first-order valence-electron chi connectivity index (χ1n) is 6.24. The standard InChI is InChI=1S/C15H13N3O2/c1-10-7-12(19)4-5-13(10)15-17-14(18-20-15)8-11-3-2-6-16-9-11/h2-7,9,19H,8H2,1H3. The Morgan fingerprint density at radius 1 is 1.25 bits per heavy atom. The number of pyridine rings is 1. The number of rotatable bonds is 3. The number of aromatic hydroxyl groups is 1. The average molecular weight is 267 g/mol. The summed E-state index contributed by atoms with van der Waals surface area (Å²) in [6, 6.07) is 8.88. The highest BCUT2D eigenvalue weighted by atomic mass is 16.5. The Hall–Kier alpha value is -2.69. The molecule has 0 spiro atoms. The highest BCUT2D eigenvalue weighted by Crippen LogP contribution is 2.25. The van der Waals surface area contributed by atoms with Crippen molar-refractivity contribution in [3.8, 4) is 17.2 Å². The molecule has 0 amide bonds. The van der Waals surface area contributed by atoms with Crippen molar-refractivity contribution >= 4 is 0 Å². The fraction of sp³-hybridized carbons (Fsp3) is 0.133. The second-order valence-electron chi connectivity index (χ2n) is 4.55. The van der Waals surface area contributed by atoms with Gasteiger partial charge in [-0.2, -0.15) is 4.98 Å². The quantitative estimate of drug-likeness (QED) is 0.790. The molecule has 0 aliphatic heterocycles. The average Bonchev–Trinajstić information content (AvgIpc) is 2.88. The molecule has 20 heavy (non-hydrogen) atoms. The molecule has 0 saturated carbocycles. The molecule has 0 bridgehead atoms. The summed E-state index contributed by atoms with van der Waals surface area (Å²) in [4.78, 5) is 8.43.